The lowest BCUT2D eigenvalue weighted by Gasteiger charge is -2.20. The number of ether oxygens (including phenoxy) is 2. The molecule has 192 valence electrons. The van der Waals surface area contributed by atoms with Crippen molar-refractivity contribution >= 4 is 55.7 Å². The average Bonchev–Trinajstić information content (AvgIpc) is 3.32. The van der Waals surface area contributed by atoms with Gasteiger partial charge in [0.25, 0.3) is 5.91 Å². The first kappa shape index (κ1) is 25.9. The van der Waals surface area contributed by atoms with E-state index < -0.39 is 5.91 Å². The third-order valence-corrected chi connectivity index (χ3v) is 7.27. The van der Waals surface area contributed by atoms with Crippen molar-refractivity contribution in [2.45, 2.75) is 20.5 Å². The van der Waals surface area contributed by atoms with Crippen LogP contribution < -0.4 is 9.47 Å². The molecule has 1 N–H and O–H groups in total. The quantitative estimate of drug-likeness (QED) is 0.315. The highest BCUT2D eigenvalue weighted by molar-refractivity contribution is 9.10. The molecule has 3 aromatic carbocycles. The molecule has 5 rings (SSSR count). The van der Waals surface area contributed by atoms with Gasteiger partial charge in [0, 0.05) is 11.1 Å². The number of halogens is 2. The molecule has 2 aliphatic heterocycles. The molecule has 1 amide bonds. The number of nitrogens with zero attached hydrogens (tertiary/aromatic N) is 3. The van der Waals surface area contributed by atoms with E-state index in [0.29, 0.717) is 43.9 Å². The fourth-order valence-corrected chi connectivity index (χ4v) is 5.28. The maximum absolute atomic E-state index is 14.1. The summed E-state index contributed by atoms with van der Waals surface area (Å²) in [4.78, 5) is 17.1. The predicted octanol–water partition coefficient (Wildman–Crippen LogP) is 6.54. The summed E-state index contributed by atoms with van der Waals surface area (Å²) in [5, 5.41) is 15.6. The molecular weight excluding hydrogens is 571 g/mol. The Morgan fingerprint density at radius 2 is 1.89 bits per heavy atom. The second-order valence-electron chi connectivity index (χ2n) is 8.43. The van der Waals surface area contributed by atoms with Crippen LogP contribution in [0.1, 0.15) is 29.2 Å². The van der Waals surface area contributed by atoms with Crippen molar-refractivity contribution in [1.29, 1.82) is 5.41 Å². The second-order valence-corrected chi connectivity index (χ2v) is 10.2. The van der Waals surface area contributed by atoms with Gasteiger partial charge < -0.3 is 9.47 Å². The van der Waals surface area contributed by atoms with E-state index in [1.165, 1.54) is 22.8 Å². The molecule has 0 atom stereocenters. The lowest BCUT2D eigenvalue weighted by molar-refractivity contribution is -0.114. The molecule has 0 radical (unpaired) electrons. The Hall–Kier alpha value is -3.76. The second kappa shape index (κ2) is 10.9. The molecule has 2 heterocycles. The van der Waals surface area contributed by atoms with Crippen LogP contribution in [-0.4, -0.2) is 33.6 Å². The highest BCUT2D eigenvalue weighted by atomic mass is 79.9. The van der Waals surface area contributed by atoms with Crippen LogP contribution in [0, 0.1) is 18.2 Å². The smallest absolute Gasteiger partial charge is 0.283 e. The summed E-state index contributed by atoms with van der Waals surface area (Å²) in [5.74, 6) is -0.122. The third-order valence-electron chi connectivity index (χ3n) is 5.73. The van der Waals surface area contributed by atoms with Crippen LogP contribution >= 0.6 is 27.7 Å². The van der Waals surface area contributed by atoms with E-state index in [4.69, 9.17) is 14.9 Å². The molecule has 0 aromatic heterocycles. The summed E-state index contributed by atoms with van der Waals surface area (Å²) >= 11 is 4.76. The van der Waals surface area contributed by atoms with Crippen LogP contribution in [0.4, 0.5) is 4.39 Å². The largest absolute Gasteiger partial charge is 0.490 e. The van der Waals surface area contributed by atoms with Gasteiger partial charge in [-0.1, -0.05) is 48.0 Å². The zero-order chi connectivity index (χ0) is 26.8. The molecular formula is C28H22BrFN4O3S. The minimum atomic E-state index is -0.525. The van der Waals surface area contributed by atoms with Gasteiger partial charge in [-0.05, 0) is 71.4 Å². The Labute approximate surface area is 231 Å². The van der Waals surface area contributed by atoms with Crippen LogP contribution in [0.2, 0.25) is 0 Å². The van der Waals surface area contributed by atoms with Crippen molar-refractivity contribution in [3.8, 4) is 11.5 Å². The normalized spacial score (nSPS) is 15.9. The molecule has 0 saturated heterocycles. The fourth-order valence-electron chi connectivity index (χ4n) is 3.81. The van der Waals surface area contributed by atoms with E-state index in [0.717, 1.165) is 11.1 Å². The molecule has 0 fully saturated rings. The summed E-state index contributed by atoms with van der Waals surface area (Å²) in [6, 6.07) is 17.7. The van der Waals surface area contributed by atoms with Crippen molar-refractivity contribution in [2.24, 2.45) is 10.1 Å². The van der Waals surface area contributed by atoms with Gasteiger partial charge in [-0.3, -0.25) is 10.2 Å². The molecule has 3 aromatic rings. The first-order chi connectivity index (χ1) is 18.3. The third kappa shape index (κ3) is 5.27. The van der Waals surface area contributed by atoms with Crippen LogP contribution in [0.5, 0.6) is 11.5 Å². The Morgan fingerprint density at radius 1 is 1.13 bits per heavy atom. The summed E-state index contributed by atoms with van der Waals surface area (Å²) < 4.78 is 26.3. The molecule has 2 aliphatic rings. The number of thioether (sulfide) groups is 1. The molecule has 0 saturated carbocycles. The molecule has 10 heteroatoms. The van der Waals surface area contributed by atoms with Gasteiger partial charge in [0.15, 0.2) is 17.3 Å². The van der Waals surface area contributed by atoms with Gasteiger partial charge in [0.05, 0.1) is 16.7 Å². The maximum Gasteiger partial charge on any atom is 0.283 e. The van der Waals surface area contributed by atoms with E-state index in [9.17, 15) is 9.18 Å². The number of rotatable bonds is 7. The van der Waals surface area contributed by atoms with Gasteiger partial charge in [0.2, 0.25) is 5.17 Å². The lowest BCUT2D eigenvalue weighted by atomic mass is 10.1. The number of benzene rings is 3. The van der Waals surface area contributed by atoms with Crippen molar-refractivity contribution in [2.75, 3.05) is 6.61 Å². The number of hydrazone groups is 1. The van der Waals surface area contributed by atoms with Gasteiger partial charge in [0.1, 0.15) is 17.5 Å². The zero-order valence-electron chi connectivity index (χ0n) is 20.5. The Bertz CT molecular complexity index is 1540. The van der Waals surface area contributed by atoms with Gasteiger partial charge in [-0.15, -0.1) is 0 Å². The van der Waals surface area contributed by atoms with E-state index in [1.807, 2.05) is 38.1 Å². The number of amides is 1. The van der Waals surface area contributed by atoms with Crippen LogP contribution in [0.3, 0.4) is 0 Å². The number of aliphatic imine (C=N–C) groups is 1. The van der Waals surface area contributed by atoms with Gasteiger partial charge in [-0.2, -0.15) is 15.1 Å². The van der Waals surface area contributed by atoms with Crippen molar-refractivity contribution < 1.29 is 18.7 Å². The minimum Gasteiger partial charge on any atom is -0.490 e. The molecule has 0 bridgehead atoms. The highest BCUT2D eigenvalue weighted by Crippen LogP contribution is 2.39. The first-order valence-corrected chi connectivity index (χ1v) is 13.3. The van der Waals surface area contributed by atoms with Crippen LogP contribution in [0.15, 0.2) is 80.8 Å². The van der Waals surface area contributed by atoms with Crippen LogP contribution in [0.25, 0.3) is 6.08 Å². The summed E-state index contributed by atoms with van der Waals surface area (Å²) in [5.41, 5.74) is 3.12. The van der Waals surface area contributed by atoms with E-state index in [-0.39, 0.29) is 23.8 Å². The molecule has 38 heavy (non-hydrogen) atoms. The molecule has 0 spiro atoms. The highest BCUT2D eigenvalue weighted by Gasteiger charge is 2.36. The number of aryl methyl sites for hydroxylation is 1. The van der Waals surface area contributed by atoms with E-state index >= 15 is 0 Å². The standard InChI is InChI=1S/C28H22BrFN4O3S/c1-3-36-23-14-17(13-21(29)24(23)37-15-19-6-4-5-7-22(19)30)12-20-25(31)34-28(32-26(20)35)38-27(33-34)18-10-8-16(2)9-11-18/h4-14,31H,3,15H2,1-2H3/b20-12+,31-25?. The number of hydrogen-bond acceptors (Lipinski definition) is 6. The van der Waals surface area contributed by atoms with Crippen LogP contribution in [-0.2, 0) is 11.4 Å². The number of nitrogens with one attached hydrogen (secondary N) is 1. The molecule has 0 unspecified atom stereocenters. The zero-order valence-corrected chi connectivity index (χ0v) is 22.9. The first-order valence-electron chi connectivity index (χ1n) is 11.7. The van der Waals surface area contributed by atoms with E-state index in [2.05, 4.69) is 26.0 Å². The van der Waals surface area contributed by atoms with E-state index in [1.54, 1.807) is 36.4 Å². The Morgan fingerprint density at radius 3 is 2.63 bits per heavy atom. The lowest BCUT2D eigenvalue weighted by Crippen LogP contribution is -2.35. The van der Waals surface area contributed by atoms with Crippen molar-refractivity contribution in [1.82, 2.24) is 5.01 Å². The van der Waals surface area contributed by atoms with Gasteiger partial charge in [-0.25, -0.2) is 4.39 Å². The summed E-state index contributed by atoms with van der Waals surface area (Å²) in [7, 11) is 0. The average molecular weight is 593 g/mol. The Balaban J connectivity index is 1.43. The fraction of sp³-hybridized carbons (Fsp3) is 0.143. The predicted molar refractivity (Wildman–Crippen MR) is 151 cm³/mol. The number of hydrogen-bond donors (Lipinski definition) is 1. The van der Waals surface area contributed by atoms with Crippen molar-refractivity contribution in [3.63, 3.8) is 0 Å². The Kier molecular flexibility index (Phi) is 7.44. The molecule has 7 nitrogen and oxygen atoms in total. The number of carbonyl (C=O) groups is 1. The monoisotopic (exact) mass is 592 g/mol. The molecule has 0 aliphatic carbocycles. The maximum atomic E-state index is 14.1. The SMILES string of the molecule is CCOc1cc(/C=C2\C(=N)N3N=C(c4ccc(C)cc4)SC3=NC2=O)cc(Br)c1OCc1ccccc1F. The number of amidine groups is 2. The van der Waals surface area contributed by atoms with Gasteiger partial charge >= 0.3 is 0 Å². The number of carbonyl (C=O) groups excluding carboxylic acids is 1. The number of fused-ring (bicyclic) bond motifs is 1. The minimum absolute atomic E-state index is 0.0142. The van der Waals surface area contributed by atoms with Crippen molar-refractivity contribution in [3.05, 3.63) is 98.8 Å². The summed E-state index contributed by atoms with van der Waals surface area (Å²) in [6.07, 6.45) is 1.57. The topological polar surface area (TPSA) is 87.3 Å². The summed E-state index contributed by atoms with van der Waals surface area (Å²) in [6.45, 7) is 4.22.